The molecule has 0 aliphatic heterocycles. The van der Waals surface area contributed by atoms with Crippen molar-refractivity contribution in [2.24, 2.45) is 35.5 Å². The Balaban J connectivity index is 1.17. The number of hydrogen-bond acceptors (Lipinski definition) is 4. The lowest BCUT2D eigenvalue weighted by Gasteiger charge is -2.56. The van der Waals surface area contributed by atoms with Gasteiger partial charge in [0.25, 0.3) is 0 Å². The van der Waals surface area contributed by atoms with Crippen LogP contribution in [0.5, 0.6) is 0 Å². The van der Waals surface area contributed by atoms with E-state index < -0.39 is 25.7 Å². The highest BCUT2D eigenvalue weighted by Crippen LogP contribution is 2.59. The number of carbonyl (C=O) groups is 2. The van der Waals surface area contributed by atoms with Crippen LogP contribution in [0.1, 0.15) is 89.9 Å². The highest BCUT2D eigenvalue weighted by Gasteiger charge is 2.57. The zero-order valence-electron chi connectivity index (χ0n) is 19.5. The summed E-state index contributed by atoms with van der Waals surface area (Å²) in [5.41, 5.74) is -0.800. The van der Waals surface area contributed by atoms with E-state index >= 15 is 0 Å². The van der Waals surface area contributed by atoms with Crippen molar-refractivity contribution >= 4 is 62.7 Å². The summed E-state index contributed by atoms with van der Waals surface area (Å²) in [4.78, 5) is 27.0. The first kappa shape index (κ1) is 24.6. The summed E-state index contributed by atoms with van der Waals surface area (Å²) >= 11 is 22.0. The van der Waals surface area contributed by atoms with Crippen molar-refractivity contribution in [2.75, 3.05) is 0 Å². The fourth-order valence-electron chi connectivity index (χ4n) is 9.63. The molecule has 8 aliphatic rings. The van der Waals surface area contributed by atoms with Crippen LogP contribution in [-0.4, -0.2) is 31.3 Å². The summed E-state index contributed by atoms with van der Waals surface area (Å²) in [6, 6.07) is 0. The van der Waals surface area contributed by atoms with E-state index in [4.69, 9.17) is 44.3 Å². The van der Waals surface area contributed by atoms with Crippen LogP contribution in [0.25, 0.3) is 0 Å². The highest BCUT2D eigenvalue weighted by molar-refractivity contribution is 9.10. The maximum absolute atomic E-state index is 13.7. The average Bonchev–Trinajstić information content (AvgIpc) is 2.63. The predicted octanol–water partition coefficient (Wildman–Crippen LogP) is 7.29. The molecular weight excluding hydrogens is 563 g/mol. The molecule has 0 aromatic heterocycles. The molecule has 8 aliphatic carbocycles. The monoisotopic (exact) mass is 594 g/mol. The van der Waals surface area contributed by atoms with Crippen molar-refractivity contribution in [2.45, 2.75) is 109 Å². The maximum Gasteiger partial charge on any atom is 0.324 e. The molecule has 4 nitrogen and oxygen atoms in total. The van der Waals surface area contributed by atoms with Gasteiger partial charge in [-0.3, -0.25) is 9.59 Å². The number of carbonyl (C=O) groups excluding carboxylic acids is 2. The molecule has 8 saturated carbocycles. The Morgan fingerprint density at radius 1 is 0.706 bits per heavy atom. The highest BCUT2D eigenvalue weighted by atomic mass is 79.9. The molecule has 8 fully saturated rings. The summed E-state index contributed by atoms with van der Waals surface area (Å²) in [6.45, 7) is 0. The Kier molecular flexibility index (Phi) is 6.08. The lowest BCUT2D eigenvalue weighted by molar-refractivity contribution is -0.195. The zero-order chi connectivity index (χ0) is 23.9. The van der Waals surface area contributed by atoms with Gasteiger partial charge in [0.1, 0.15) is 15.5 Å². The van der Waals surface area contributed by atoms with Gasteiger partial charge in [0.2, 0.25) is 0 Å². The van der Waals surface area contributed by atoms with Gasteiger partial charge in [0.05, 0.1) is 6.42 Å². The normalized spacial score (nSPS) is 45.8. The minimum Gasteiger partial charge on any atom is -0.459 e. The van der Waals surface area contributed by atoms with Gasteiger partial charge in [-0.2, -0.15) is 0 Å². The Hall–Kier alpha value is 0.290. The van der Waals surface area contributed by atoms with Crippen LogP contribution in [0.2, 0.25) is 0 Å². The molecule has 0 aromatic rings. The molecular formula is C26H34BrCl3O4. The molecule has 34 heavy (non-hydrogen) atoms. The molecule has 8 heteroatoms. The Labute approximate surface area is 225 Å². The van der Waals surface area contributed by atoms with E-state index in [1.807, 2.05) is 0 Å². The third kappa shape index (κ3) is 4.78. The number of alkyl halides is 4. The summed E-state index contributed by atoms with van der Waals surface area (Å²) < 4.78 is 9.37. The third-order valence-corrected chi connectivity index (χ3v) is 11.2. The fraction of sp³-hybridized carbons (Fsp3) is 0.923. The summed E-state index contributed by atoms with van der Waals surface area (Å²) in [5, 5.41) is 0. The second-order valence-corrected chi connectivity index (χ2v) is 17.0. The van der Waals surface area contributed by atoms with Gasteiger partial charge in [0, 0.05) is 6.42 Å². The van der Waals surface area contributed by atoms with E-state index in [2.05, 4.69) is 15.9 Å². The Morgan fingerprint density at radius 2 is 1.06 bits per heavy atom. The van der Waals surface area contributed by atoms with Crippen LogP contribution < -0.4 is 0 Å². The smallest absolute Gasteiger partial charge is 0.324 e. The lowest BCUT2D eigenvalue weighted by Crippen LogP contribution is -2.55. The number of rotatable bonds is 6. The van der Waals surface area contributed by atoms with Crippen molar-refractivity contribution in [3.8, 4) is 0 Å². The van der Waals surface area contributed by atoms with Crippen molar-refractivity contribution in [3.05, 3.63) is 0 Å². The van der Waals surface area contributed by atoms with Crippen LogP contribution in [-0.2, 0) is 19.1 Å². The molecule has 0 heterocycles. The van der Waals surface area contributed by atoms with Crippen LogP contribution in [0.4, 0.5) is 0 Å². The minimum atomic E-state index is -1.70. The van der Waals surface area contributed by atoms with Crippen LogP contribution in [0.15, 0.2) is 0 Å². The maximum atomic E-state index is 13.7. The van der Waals surface area contributed by atoms with Crippen molar-refractivity contribution < 1.29 is 19.1 Å². The Bertz CT molecular complexity index is 800. The van der Waals surface area contributed by atoms with Gasteiger partial charge in [-0.05, 0) is 113 Å². The van der Waals surface area contributed by atoms with Gasteiger partial charge in [-0.1, -0.05) is 50.7 Å². The van der Waals surface area contributed by atoms with Crippen LogP contribution in [0.3, 0.4) is 0 Å². The summed E-state index contributed by atoms with van der Waals surface area (Å²) in [6.07, 6.45) is 12.8. The number of esters is 2. The largest absolute Gasteiger partial charge is 0.459 e. The zero-order valence-corrected chi connectivity index (χ0v) is 23.4. The quantitative estimate of drug-likeness (QED) is 0.239. The van der Waals surface area contributed by atoms with Crippen molar-refractivity contribution in [1.29, 1.82) is 0 Å². The summed E-state index contributed by atoms with van der Waals surface area (Å²) in [5.74, 6) is 3.02. The lowest BCUT2D eigenvalue weighted by atomic mass is 9.54. The van der Waals surface area contributed by atoms with Gasteiger partial charge in [0.15, 0.2) is 3.79 Å². The average molecular weight is 597 g/mol. The van der Waals surface area contributed by atoms with E-state index in [0.717, 1.165) is 38.5 Å². The molecule has 8 bridgehead atoms. The third-order valence-electron chi connectivity index (χ3n) is 9.87. The molecule has 1 atom stereocenters. The number of halogens is 4. The van der Waals surface area contributed by atoms with Crippen molar-refractivity contribution in [1.82, 2.24) is 0 Å². The first-order chi connectivity index (χ1) is 15.9. The molecule has 1 unspecified atom stereocenters. The topological polar surface area (TPSA) is 52.6 Å². The van der Waals surface area contributed by atoms with E-state index in [0.29, 0.717) is 35.5 Å². The molecule has 0 spiro atoms. The Morgan fingerprint density at radius 3 is 1.41 bits per heavy atom. The second-order valence-electron chi connectivity index (χ2n) is 13.0. The standard InChI is InChI=1S/C26H34BrCl3O4/c27-25(14-26(28,29)30,22(32)34-24-10-18-4-19(11-24)6-20(5-18)12-24)13-21(31)33-23-7-15-1-16(8-23)3-17(2-15)9-23/h15-20H,1-14H2. The molecule has 0 saturated heterocycles. The first-order valence-electron chi connectivity index (χ1n) is 13.1. The SMILES string of the molecule is O=C(CC(Br)(CC(Cl)(Cl)Cl)C(=O)OC12CC3CC(CC(C3)C1)C2)OC12CC3CC(CC(C3)C1)C2. The van der Waals surface area contributed by atoms with E-state index in [-0.39, 0.29) is 18.4 Å². The van der Waals surface area contributed by atoms with Crippen molar-refractivity contribution in [3.63, 3.8) is 0 Å². The van der Waals surface area contributed by atoms with Crippen LogP contribution >= 0.6 is 50.7 Å². The van der Waals surface area contributed by atoms with Gasteiger partial charge >= 0.3 is 11.9 Å². The van der Waals surface area contributed by atoms with E-state index in [1.165, 1.54) is 38.5 Å². The molecule has 0 amide bonds. The minimum absolute atomic E-state index is 0.147. The predicted molar refractivity (Wildman–Crippen MR) is 135 cm³/mol. The van der Waals surface area contributed by atoms with Gasteiger partial charge < -0.3 is 9.47 Å². The van der Waals surface area contributed by atoms with E-state index in [9.17, 15) is 9.59 Å². The first-order valence-corrected chi connectivity index (χ1v) is 15.0. The molecule has 190 valence electrons. The van der Waals surface area contributed by atoms with Gasteiger partial charge in [-0.15, -0.1) is 0 Å². The molecule has 0 aromatic carbocycles. The van der Waals surface area contributed by atoms with E-state index in [1.54, 1.807) is 0 Å². The number of ether oxygens (including phenoxy) is 2. The molecule has 8 rings (SSSR count). The summed E-state index contributed by atoms with van der Waals surface area (Å²) in [7, 11) is 0. The molecule has 0 radical (unpaired) electrons. The second kappa shape index (κ2) is 8.40. The van der Waals surface area contributed by atoms with Crippen LogP contribution in [0, 0.1) is 35.5 Å². The molecule has 0 N–H and O–H groups in total. The fourth-order valence-corrected chi connectivity index (χ4v) is 11.5. The van der Waals surface area contributed by atoms with Gasteiger partial charge in [-0.25, -0.2) is 0 Å². The number of hydrogen-bond donors (Lipinski definition) is 0.